The van der Waals surface area contributed by atoms with Crippen LogP contribution in [-0.2, 0) is 33.5 Å². The fourth-order valence-electron chi connectivity index (χ4n) is 6.39. The first-order valence-electron chi connectivity index (χ1n) is 14.7. The largest absolute Gasteiger partial charge is 0.480 e. The maximum atomic E-state index is 12.6. The van der Waals surface area contributed by atoms with Crippen LogP contribution in [0.1, 0.15) is 92.2 Å². The van der Waals surface area contributed by atoms with Crippen LogP contribution in [0.15, 0.2) is 18.2 Å². The Labute approximate surface area is 230 Å². The molecule has 3 unspecified atom stereocenters. The molecule has 9 heteroatoms. The van der Waals surface area contributed by atoms with Crippen molar-refractivity contribution in [3.63, 3.8) is 0 Å². The Bertz CT molecular complexity index is 1160. The van der Waals surface area contributed by atoms with Crippen LogP contribution in [0.5, 0.6) is 0 Å². The average Bonchev–Trinajstić information content (AvgIpc) is 3.48. The summed E-state index contributed by atoms with van der Waals surface area (Å²) in [6.45, 7) is 4.23. The topological polar surface area (TPSA) is 116 Å². The molecule has 0 spiro atoms. The Kier molecular flexibility index (Phi) is 8.85. The predicted molar refractivity (Wildman–Crippen MR) is 146 cm³/mol. The van der Waals surface area contributed by atoms with Crippen LogP contribution in [0, 0.1) is 19.8 Å². The van der Waals surface area contributed by atoms with Gasteiger partial charge in [-0.15, -0.1) is 0 Å². The van der Waals surface area contributed by atoms with Gasteiger partial charge in [0, 0.05) is 30.1 Å². The molecule has 212 valence electrons. The minimum atomic E-state index is -1.08. The second-order valence-electron chi connectivity index (χ2n) is 11.6. The van der Waals surface area contributed by atoms with Crippen LogP contribution in [0.3, 0.4) is 0 Å². The van der Waals surface area contributed by atoms with Crippen molar-refractivity contribution in [1.29, 1.82) is 0 Å². The summed E-state index contributed by atoms with van der Waals surface area (Å²) in [5.74, 6) is -0.459. The molecule has 2 aromatic rings. The molecular weight excluding hydrogens is 496 g/mol. The van der Waals surface area contributed by atoms with Crippen molar-refractivity contribution in [1.82, 2.24) is 20.1 Å². The molecule has 2 aromatic heterocycles. The molecule has 9 nitrogen and oxygen atoms in total. The number of aliphatic carboxylic acids is 1. The summed E-state index contributed by atoms with van der Waals surface area (Å²) in [6.07, 6.45) is 10.8. The van der Waals surface area contributed by atoms with Crippen molar-refractivity contribution in [2.24, 2.45) is 5.92 Å². The van der Waals surface area contributed by atoms with Crippen LogP contribution in [0.4, 0.5) is 4.79 Å². The van der Waals surface area contributed by atoms with Crippen molar-refractivity contribution in [3.05, 3.63) is 46.5 Å². The number of amides is 1. The number of rotatable bonds is 11. The lowest BCUT2D eigenvalue weighted by atomic mass is 9.79. The first-order chi connectivity index (χ1) is 18.9. The van der Waals surface area contributed by atoms with Gasteiger partial charge in [-0.3, -0.25) is 9.67 Å². The summed E-state index contributed by atoms with van der Waals surface area (Å²) in [5, 5.41) is 16.7. The van der Waals surface area contributed by atoms with Crippen molar-refractivity contribution in [3.8, 4) is 0 Å². The molecule has 2 N–H and O–H groups in total. The number of carboxylic acid groups (broad SMARTS) is 1. The first-order valence-corrected chi connectivity index (χ1v) is 14.7. The van der Waals surface area contributed by atoms with E-state index in [1.807, 2.05) is 24.6 Å². The third kappa shape index (κ3) is 6.99. The number of fused-ring (bicyclic) bond motifs is 1. The van der Waals surface area contributed by atoms with E-state index in [2.05, 4.69) is 22.5 Å². The Balaban J connectivity index is 1.000. The molecule has 0 radical (unpaired) electrons. The van der Waals surface area contributed by atoms with Gasteiger partial charge in [0.25, 0.3) is 0 Å². The SMILES string of the molecule is Cc1cc(C)n(C2CCCC2OC(=O)NC(CCOC2CC(CCc3ccc4c(n3)CCCC4)C2)C(=O)O)n1. The lowest BCUT2D eigenvalue weighted by Gasteiger charge is -2.35. The summed E-state index contributed by atoms with van der Waals surface area (Å²) in [4.78, 5) is 29.3. The molecule has 2 fully saturated rings. The summed E-state index contributed by atoms with van der Waals surface area (Å²) in [5.41, 5.74) is 5.87. The lowest BCUT2D eigenvalue weighted by Crippen LogP contribution is -2.44. The lowest BCUT2D eigenvalue weighted by molar-refractivity contribution is -0.140. The van der Waals surface area contributed by atoms with Crippen LogP contribution in [-0.4, -0.2) is 56.8 Å². The summed E-state index contributed by atoms with van der Waals surface area (Å²) in [6, 6.07) is 5.39. The molecule has 0 saturated heterocycles. The van der Waals surface area contributed by atoms with E-state index in [1.165, 1.54) is 29.8 Å². The number of aryl methyl sites for hydroxylation is 5. The van der Waals surface area contributed by atoms with E-state index in [0.717, 1.165) is 69.2 Å². The maximum Gasteiger partial charge on any atom is 0.408 e. The highest BCUT2D eigenvalue weighted by Crippen LogP contribution is 2.35. The van der Waals surface area contributed by atoms with Gasteiger partial charge in [0.2, 0.25) is 0 Å². The predicted octanol–water partition coefficient (Wildman–Crippen LogP) is 4.86. The third-order valence-electron chi connectivity index (χ3n) is 8.62. The summed E-state index contributed by atoms with van der Waals surface area (Å²) >= 11 is 0. The highest BCUT2D eigenvalue weighted by Gasteiger charge is 2.35. The minimum Gasteiger partial charge on any atom is -0.480 e. The zero-order chi connectivity index (χ0) is 27.4. The maximum absolute atomic E-state index is 12.6. The number of alkyl carbamates (subject to hydrolysis) is 1. The van der Waals surface area contributed by atoms with Crippen molar-refractivity contribution >= 4 is 12.1 Å². The van der Waals surface area contributed by atoms with Gasteiger partial charge >= 0.3 is 12.1 Å². The second kappa shape index (κ2) is 12.5. The molecule has 5 rings (SSSR count). The fourth-order valence-corrected chi connectivity index (χ4v) is 6.39. The smallest absolute Gasteiger partial charge is 0.408 e. The zero-order valence-electron chi connectivity index (χ0n) is 23.2. The van der Waals surface area contributed by atoms with Gasteiger partial charge in [0.1, 0.15) is 12.1 Å². The molecule has 3 atom stereocenters. The third-order valence-corrected chi connectivity index (χ3v) is 8.62. The molecule has 0 bridgehead atoms. The number of hydrogen-bond acceptors (Lipinski definition) is 6. The van der Waals surface area contributed by atoms with E-state index in [4.69, 9.17) is 14.5 Å². The van der Waals surface area contributed by atoms with E-state index in [0.29, 0.717) is 12.5 Å². The quantitative estimate of drug-likeness (QED) is 0.420. The average molecular weight is 539 g/mol. The van der Waals surface area contributed by atoms with Gasteiger partial charge in [-0.25, -0.2) is 9.59 Å². The molecule has 3 aliphatic carbocycles. The van der Waals surface area contributed by atoms with E-state index >= 15 is 0 Å². The fraction of sp³-hybridized carbons (Fsp3) is 0.667. The molecule has 0 aliphatic heterocycles. The highest BCUT2D eigenvalue weighted by molar-refractivity contribution is 5.79. The summed E-state index contributed by atoms with van der Waals surface area (Å²) < 4.78 is 13.5. The number of aromatic nitrogens is 3. The van der Waals surface area contributed by atoms with E-state index in [9.17, 15) is 14.7 Å². The van der Waals surface area contributed by atoms with Crippen molar-refractivity contribution < 1.29 is 24.2 Å². The summed E-state index contributed by atoms with van der Waals surface area (Å²) in [7, 11) is 0. The number of nitrogens with zero attached hydrogens (tertiary/aromatic N) is 3. The molecule has 3 aliphatic rings. The number of carboxylic acids is 1. The van der Waals surface area contributed by atoms with Crippen LogP contribution in [0.2, 0.25) is 0 Å². The molecule has 39 heavy (non-hydrogen) atoms. The molecular formula is C30H42N4O5. The number of carbonyl (C=O) groups excluding carboxylic acids is 1. The normalized spacial score (nSPS) is 25.0. The Morgan fingerprint density at radius 2 is 1.97 bits per heavy atom. The zero-order valence-corrected chi connectivity index (χ0v) is 23.2. The Hall–Kier alpha value is -2.94. The van der Waals surface area contributed by atoms with Gasteiger partial charge in [-0.1, -0.05) is 6.07 Å². The molecule has 0 aromatic carbocycles. The van der Waals surface area contributed by atoms with Gasteiger partial charge in [-0.05, 0) is 108 Å². The Morgan fingerprint density at radius 1 is 1.15 bits per heavy atom. The molecule has 2 saturated carbocycles. The van der Waals surface area contributed by atoms with Gasteiger partial charge in [0.15, 0.2) is 0 Å². The van der Waals surface area contributed by atoms with E-state index < -0.39 is 18.1 Å². The second-order valence-corrected chi connectivity index (χ2v) is 11.6. The monoisotopic (exact) mass is 538 g/mol. The molecule has 2 heterocycles. The number of ether oxygens (including phenoxy) is 2. The Morgan fingerprint density at radius 3 is 2.74 bits per heavy atom. The number of hydrogen-bond donors (Lipinski definition) is 2. The van der Waals surface area contributed by atoms with Gasteiger partial charge in [0.05, 0.1) is 17.8 Å². The van der Waals surface area contributed by atoms with Gasteiger partial charge < -0.3 is 19.9 Å². The first kappa shape index (κ1) is 27.6. The molecule has 1 amide bonds. The van der Waals surface area contributed by atoms with Crippen LogP contribution in [0.25, 0.3) is 0 Å². The van der Waals surface area contributed by atoms with Crippen molar-refractivity contribution in [2.45, 2.75) is 115 Å². The highest BCUT2D eigenvalue weighted by atomic mass is 16.6. The standard InChI is InChI=1S/C30H42N4O5/c1-19-16-20(2)34(33-19)27-8-5-9-28(27)39-30(37)32-26(29(35)36)14-15-38-24-17-21(18-24)10-12-23-13-11-22-6-3-4-7-25(22)31-23/h11,13,16,21,24,26-28H,3-10,12,14-15,17-18H2,1-2H3,(H,32,37)(H,35,36). The van der Waals surface area contributed by atoms with E-state index in [-0.39, 0.29) is 24.7 Å². The number of carbonyl (C=O) groups is 2. The number of pyridine rings is 1. The van der Waals surface area contributed by atoms with Gasteiger partial charge in [-0.2, -0.15) is 5.10 Å². The van der Waals surface area contributed by atoms with Crippen LogP contribution >= 0.6 is 0 Å². The number of nitrogens with one attached hydrogen (secondary N) is 1. The van der Waals surface area contributed by atoms with Crippen molar-refractivity contribution in [2.75, 3.05) is 6.61 Å². The van der Waals surface area contributed by atoms with Crippen LogP contribution < -0.4 is 5.32 Å². The van der Waals surface area contributed by atoms with E-state index in [1.54, 1.807) is 0 Å². The minimum absolute atomic E-state index is 0.0225.